The van der Waals surface area contributed by atoms with Crippen LogP contribution in [-0.4, -0.2) is 56.3 Å². The van der Waals surface area contributed by atoms with Gasteiger partial charge in [-0.3, -0.25) is 4.79 Å². The predicted molar refractivity (Wildman–Crippen MR) is 92.9 cm³/mol. The molecule has 7 heteroatoms. The average Bonchev–Trinajstić information content (AvgIpc) is 3.39. The van der Waals surface area contributed by atoms with Gasteiger partial charge in [0.1, 0.15) is 5.82 Å². The zero-order chi connectivity index (χ0) is 17.6. The van der Waals surface area contributed by atoms with Crippen LogP contribution in [0.25, 0.3) is 0 Å². The van der Waals surface area contributed by atoms with E-state index in [1.54, 1.807) is 14.2 Å². The Balaban J connectivity index is 1.72. The molecule has 2 atom stereocenters. The monoisotopic (exact) mass is 346 g/mol. The van der Waals surface area contributed by atoms with E-state index in [0.717, 1.165) is 48.9 Å². The first-order valence-electron chi connectivity index (χ1n) is 9.06. The van der Waals surface area contributed by atoms with Crippen LogP contribution in [-0.2, 0) is 9.53 Å². The summed E-state index contributed by atoms with van der Waals surface area (Å²) in [7, 11) is 3.37. The highest BCUT2D eigenvalue weighted by Gasteiger charge is 2.54. The Kier molecular flexibility index (Phi) is 4.06. The van der Waals surface area contributed by atoms with Crippen molar-refractivity contribution in [2.75, 3.05) is 45.4 Å². The number of aromatic nitrogens is 2. The van der Waals surface area contributed by atoms with Gasteiger partial charge in [0.25, 0.3) is 0 Å². The summed E-state index contributed by atoms with van der Waals surface area (Å²) in [5.74, 6) is 3.21. The molecule has 4 rings (SSSR count). The van der Waals surface area contributed by atoms with Gasteiger partial charge in [0, 0.05) is 38.6 Å². The molecule has 0 aromatic carbocycles. The number of hydrogen-bond donors (Lipinski definition) is 1. The molecule has 1 N–H and O–H groups in total. The lowest BCUT2D eigenvalue weighted by molar-refractivity contribution is -0.138. The average molecular weight is 346 g/mol. The summed E-state index contributed by atoms with van der Waals surface area (Å²) in [6.45, 7) is 4.62. The smallest absolute Gasteiger partial charge is 0.228 e. The molecule has 1 saturated carbocycles. The number of carbonyl (C=O) groups is 1. The van der Waals surface area contributed by atoms with E-state index in [-0.39, 0.29) is 11.8 Å². The number of anilines is 1. The summed E-state index contributed by atoms with van der Waals surface area (Å²) in [5, 5.41) is 2.86. The highest BCUT2D eigenvalue weighted by molar-refractivity contribution is 5.84. The molecule has 0 spiro atoms. The summed E-state index contributed by atoms with van der Waals surface area (Å²) in [6.07, 6.45) is 3.06. The fourth-order valence-electron chi connectivity index (χ4n) is 4.28. The van der Waals surface area contributed by atoms with Crippen molar-refractivity contribution < 1.29 is 14.3 Å². The predicted octanol–water partition coefficient (Wildman–Crippen LogP) is 1.26. The van der Waals surface area contributed by atoms with E-state index in [4.69, 9.17) is 14.5 Å². The lowest BCUT2D eigenvalue weighted by Gasteiger charge is -2.36. The molecule has 7 nitrogen and oxygen atoms in total. The number of nitrogens with zero attached hydrogens (tertiary/aromatic N) is 3. The van der Waals surface area contributed by atoms with Gasteiger partial charge < -0.3 is 19.7 Å². The Bertz CT molecular complexity index is 691. The van der Waals surface area contributed by atoms with Crippen molar-refractivity contribution in [3.8, 4) is 5.75 Å². The van der Waals surface area contributed by atoms with Crippen molar-refractivity contribution >= 4 is 11.7 Å². The number of ether oxygens (including phenoxy) is 2. The van der Waals surface area contributed by atoms with Crippen LogP contribution in [0.3, 0.4) is 0 Å². The normalized spacial score (nSPS) is 28.6. The molecule has 2 aliphatic heterocycles. The van der Waals surface area contributed by atoms with Crippen molar-refractivity contribution in [2.24, 2.45) is 11.3 Å². The van der Waals surface area contributed by atoms with Crippen LogP contribution in [0.15, 0.2) is 0 Å². The van der Waals surface area contributed by atoms with Gasteiger partial charge in [-0.05, 0) is 26.2 Å². The van der Waals surface area contributed by atoms with E-state index in [2.05, 4.69) is 15.2 Å². The Morgan fingerprint density at radius 2 is 2.20 bits per heavy atom. The van der Waals surface area contributed by atoms with E-state index < -0.39 is 5.41 Å². The molecule has 25 heavy (non-hydrogen) atoms. The molecule has 0 bridgehead atoms. The number of nitrogens with one attached hydrogen (secondary N) is 1. The topological polar surface area (TPSA) is 76.6 Å². The third-order valence-corrected chi connectivity index (χ3v) is 5.87. The second-order valence-corrected chi connectivity index (χ2v) is 7.44. The molecular formula is C18H26N4O3. The van der Waals surface area contributed by atoms with Crippen LogP contribution >= 0.6 is 0 Å². The SMILES string of the molecule is CNC(=O)[C@]12CCOC[C@H]1CN(c1nc(C3CC3)nc(C)c1OC)C2. The van der Waals surface area contributed by atoms with E-state index in [1.807, 2.05) is 6.92 Å². The lowest BCUT2D eigenvalue weighted by atomic mass is 9.73. The molecule has 1 aliphatic carbocycles. The van der Waals surface area contributed by atoms with Crippen LogP contribution in [0.1, 0.15) is 36.7 Å². The van der Waals surface area contributed by atoms with E-state index in [9.17, 15) is 4.79 Å². The Morgan fingerprint density at radius 3 is 2.88 bits per heavy atom. The molecule has 3 heterocycles. The fraction of sp³-hybridized carbons (Fsp3) is 0.722. The van der Waals surface area contributed by atoms with Gasteiger partial charge in [-0.15, -0.1) is 0 Å². The third-order valence-electron chi connectivity index (χ3n) is 5.87. The summed E-state index contributed by atoms with van der Waals surface area (Å²) in [5.41, 5.74) is 0.464. The Hall–Kier alpha value is -1.89. The van der Waals surface area contributed by atoms with Gasteiger partial charge in [0.2, 0.25) is 5.91 Å². The highest BCUT2D eigenvalue weighted by atomic mass is 16.5. The van der Waals surface area contributed by atoms with E-state index in [0.29, 0.717) is 25.7 Å². The molecule has 1 aromatic rings. The Labute approximate surface area is 148 Å². The maximum Gasteiger partial charge on any atom is 0.228 e. The molecule has 0 radical (unpaired) electrons. The van der Waals surface area contributed by atoms with Gasteiger partial charge in [-0.25, -0.2) is 9.97 Å². The number of amides is 1. The Morgan fingerprint density at radius 1 is 1.40 bits per heavy atom. The number of fused-ring (bicyclic) bond motifs is 1. The second kappa shape index (κ2) is 6.12. The molecule has 2 saturated heterocycles. The molecule has 1 aromatic heterocycles. The maximum atomic E-state index is 12.7. The van der Waals surface area contributed by atoms with Crippen molar-refractivity contribution in [1.82, 2.24) is 15.3 Å². The molecule has 3 fully saturated rings. The van der Waals surface area contributed by atoms with Gasteiger partial charge in [-0.1, -0.05) is 0 Å². The van der Waals surface area contributed by atoms with Crippen molar-refractivity contribution in [3.05, 3.63) is 11.5 Å². The number of aryl methyl sites for hydroxylation is 1. The number of methoxy groups -OCH3 is 1. The largest absolute Gasteiger partial charge is 0.491 e. The third kappa shape index (κ3) is 2.65. The molecule has 3 aliphatic rings. The van der Waals surface area contributed by atoms with Crippen LogP contribution in [0, 0.1) is 18.3 Å². The highest BCUT2D eigenvalue weighted by Crippen LogP contribution is 2.46. The first kappa shape index (κ1) is 16.6. The zero-order valence-corrected chi connectivity index (χ0v) is 15.2. The van der Waals surface area contributed by atoms with Crippen molar-refractivity contribution in [1.29, 1.82) is 0 Å². The van der Waals surface area contributed by atoms with Crippen LogP contribution < -0.4 is 15.0 Å². The molecule has 0 unspecified atom stereocenters. The minimum Gasteiger partial charge on any atom is -0.491 e. The first-order chi connectivity index (χ1) is 12.1. The number of hydrogen-bond acceptors (Lipinski definition) is 6. The quantitative estimate of drug-likeness (QED) is 0.884. The molecule has 1 amide bonds. The summed E-state index contributed by atoms with van der Waals surface area (Å²) < 4.78 is 11.3. The van der Waals surface area contributed by atoms with Gasteiger partial charge in [0.15, 0.2) is 11.6 Å². The standard InChI is InChI=1S/C18H26N4O3/c1-11-14(24-3)16(21-15(20-11)12-4-5-12)22-8-13-9-25-7-6-18(13,10-22)17(23)19-2/h12-13H,4-10H2,1-3H3,(H,19,23)/t13-,18+/m1/s1. The van der Waals surface area contributed by atoms with Crippen LogP contribution in [0.4, 0.5) is 5.82 Å². The zero-order valence-electron chi connectivity index (χ0n) is 15.2. The van der Waals surface area contributed by atoms with Gasteiger partial charge in [-0.2, -0.15) is 0 Å². The summed E-state index contributed by atoms with van der Waals surface area (Å²) in [4.78, 5) is 24.4. The number of carbonyl (C=O) groups excluding carboxylic acids is 1. The lowest BCUT2D eigenvalue weighted by Crippen LogP contribution is -2.49. The van der Waals surface area contributed by atoms with Gasteiger partial charge in [0.05, 0.1) is 24.8 Å². The minimum absolute atomic E-state index is 0.107. The molecular weight excluding hydrogens is 320 g/mol. The van der Waals surface area contributed by atoms with Crippen LogP contribution in [0.2, 0.25) is 0 Å². The van der Waals surface area contributed by atoms with Crippen molar-refractivity contribution in [2.45, 2.75) is 32.1 Å². The minimum atomic E-state index is -0.406. The van der Waals surface area contributed by atoms with Crippen molar-refractivity contribution in [3.63, 3.8) is 0 Å². The fourth-order valence-corrected chi connectivity index (χ4v) is 4.28. The summed E-state index contributed by atoms with van der Waals surface area (Å²) >= 11 is 0. The summed E-state index contributed by atoms with van der Waals surface area (Å²) in [6, 6.07) is 0. The molecule has 136 valence electrons. The first-order valence-corrected chi connectivity index (χ1v) is 9.06. The van der Waals surface area contributed by atoms with Crippen LogP contribution in [0.5, 0.6) is 5.75 Å². The second-order valence-electron chi connectivity index (χ2n) is 7.44. The maximum absolute atomic E-state index is 12.7. The van der Waals surface area contributed by atoms with E-state index in [1.165, 1.54) is 0 Å². The number of rotatable bonds is 4. The van der Waals surface area contributed by atoms with Gasteiger partial charge >= 0.3 is 0 Å². The van der Waals surface area contributed by atoms with E-state index >= 15 is 0 Å².